The third-order valence-electron chi connectivity index (χ3n) is 4.48. The Balaban J connectivity index is 1.93. The summed E-state index contributed by atoms with van der Waals surface area (Å²) in [4.78, 5) is 15.1. The predicted molar refractivity (Wildman–Crippen MR) is 89.7 cm³/mol. The van der Waals surface area contributed by atoms with Crippen molar-refractivity contribution >= 4 is 29.2 Å². The van der Waals surface area contributed by atoms with Gasteiger partial charge in [-0.1, -0.05) is 29.3 Å². The van der Waals surface area contributed by atoms with E-state index in [0.717, 1.165) is 31.5 Å². The standard InChI is InChI=1S/C16H22Cl2N2O2/c1-11(12-3-4-14(17)15(18)9-12)20-7-5-13(6-8-20)19(2)10-16(21)22/h3-4,9,11,13H,5-8,10H2,1-2H3,(H,21,22). The highest BCUT2D eigenvalue weighted by Gasteiger charge is 2.26. The molecule has 22 heavy (non-hydrogen) atoms. The number of hydrogen-bond acceptors (Lipinski definition) is 3. The largest absolute Gasteiger partial charge is 0.480 e. The summed E-state index contributed by atoms with van der Waals surface area (Å²) >= 11 is 12.1. The van der Waals surface area contributed by atoms with Gasteiger partial charge in [-0.3, -0.25) is 14.6 Å². The van der Waals surface area contributed by atoms with Gasteiger partial charge in [0.2, 0.25) is 0 Å². The van der Waals surface area contributed by atoms with Gasteiger partial charge in [0, 0.05) is 25.2 Å². The molecule has 0 aromatic heterocycles. The zero-order valence-corrected chi connectivity index (χ0v) is 14.4. The second kappa shape index (κ2) is 7.64. The number of halogens is 2. The molecule has 4 nitrogen and oxygen atoms in total. The number of benzene rings is 1. The molecular weight excluding hydrogens is 323 g/mol. The molecule has 0 radical (unpaired) electrons. The van der Waals surface area contributed by atoms with Gasteiger partial charge in [0.15, 0.2) is 0 Å². The monoisotopic (exact) mass is 344 g/mol. The van der Waals surface area contributed by atoms with E-state index >= 15 is 0 Å². The summed E-state index contributed by atoms with van der Waals surface area (Å²) in [5.41, 5.74) is 1.16. The summed E-state index contributed by atoms with van der Waals surface area (Å²) in [5.74, 6) is -0.769. The van der Waals surface area contributed by atoms with Crippen molar-refractivity contribution in [3.63, 3.8) is 0 Å². The summed E-state index contributed by atoms with van der Waals surface area (Å²) in [6.45, 7) is 4.18. The van der Waals surface area contributed by atoms with Crippen LogP contribution in [0, 0.1) is 0 Å². The quantitative estimate of drug-likeness (QED) is 0.887. The molecule has 1 saturated heterocycles. The Kier molecular flexibility index (Phi) is 6.09. The Morgan fingerprint density at radius 2 is 2.00 bits per heavy atom. The Hall–Kier alpha value is -0.810. The van der Waals surface area contributed by atoms with Crippen molar-refractivity contribution in [2.45, 2.75) is 31.8 Å². The minimum absolute atomic E-state index is 0.104. The molecule has 1 heterocycles. The third-order valence-corrected chi connectivity index (χ3v) is 5.22. The van der Waals surface area contributed by atoms with E-state index in [1.54, 1.807) is 0 Å². The Morgan fingerprint density at radius 3 is 2.55 bits per heavy atom. The second-order valence-electron chi connectivity index (χ2n) is 5.93. The first-order valence-electron chi connectivity index (χ1n) is 7.49. The van der Waals surface area contributed by atoms with E-state index in [-0.39, 0.29) is 12.6 Å². The zero-order chi connectivity index (χ0) is 16.3. The van der Waals surface area contributed by atoms with Crippen molar-refractivity contribution in [3.8, 4) is 0 Å². The zero-order valence-electron chi connectivity index (χ0n) is 12.9. The summed E-state index contributed by atoms with van der Waals surface area (Å²) in [7, 11) is 1.89. The van der Waals surface area contributed by atoms with E-state index in [4.69, 9.17) is 28.3 Å². The molecule has 0 saturated carbocycles. The number of hydrogen-bond donors (Lipinski definition) is 1. The van der Waals surface area contributed by atoms with Crippen molar-refractivity contribution in [2.24, 2.45) is 0 Å². The number of likely N-dealkylation sites (tertiary alicyclic amines) is 1. The average Bonchev–Trinajstić information content (AvgIpc) is 2.49. The number of nitrogens with zero attached hydrogens (tertiary/aromatic N) is 2. The van der Waals surface area contributed by atoms with E-state index in [2.05, 4.69) is 11.8 Å². The number of piperidine rings is 1. The molecule has 0 bridgehead atoms. The average molecular weight is 345 g/mol. The van der Waals surface area contributed by atoms with Gasteiger partial charge in [-0.05, 0) is 44.5 Å². The molecule has 1 aromatic rings. The molecule has 1 N–H and O–H groups in total. The van der Waals surface area contributed by atoms with Gasteiger partial charge in [0.25, 0.3) is 0 Å². The Morgan fingerprint density at radius 1 is 1.36 bits per heavy atom. The first-order chi connectivity index (χ1) is 10.4. The van der Waals surface area contributed by atoms with Crippen molar-refractivity contribution in [2.75, 3.05) is 26.7 Å². The van der Waals surface area contributed by atoms with E-state index in [9.17, 15) is 4.79 Å². The lowest BCUT2D eigenvalue weighted by Gasteiger charge is -2.39. The van der Waals surface area contributed by atoms with E-state index in [1.807, 2.05) is 30.1 Å². The van der Waals surface area contributed by atoms with Crippen LogP contribution in [-0.4, -0.2) is 53.6 Å². The van der Waals surface area contributed by atoms with Crippen LogP contribution in [0.25, 0.3) is 0 Å². The normalized spacial score (nSPS) is 18.6. The van der Waals surface area contributed by atoms with Crippen LogP contribution in [0.4, 0.5) is 0 Å². The van der Waals surface area contributed by atoms with Crippen LogP contribution in [0.15, 0.2) is 18.2 Å². The fourth-order valence-corrected chi connectivity index (χ4v) is 3.35. The molecule has 6 heteroatoms. The Labute approximate surface area is 141 Å². The van der Waals surface area contributed by atoms with E-state index in [1.165, 1.54) is 0 Å². The summed E-state index contributed by atoms with van der Waals surface area (Å²) < 4.78 is 0. The van der Waals surface area contributed by atoms with E-state index in [0.29, 0.717) is 16.1 Å². The molecule has 1 fully saturated rings. The van der Waals surface area contributed by atoms with Gasteiger partial charge in [-0.25, -0.2) is 0 Å². The number of carboxylic acid groups (broad SMARTS) is 1. The summed E-state index contributed by atoms with van der Waals surface area (Å²) in [6.07, 6.45) is 1.96. The molecule has 122 valence electrons. The maximum Gasteiger partial charge on any atom is 0.317 e. The van der Waals surface area contributed by atoms with Gasteiger partial charge in [0.1, 0.15) is 0 Å². The molecule has 2 rings (SSSR count). The number of aliphatic carboxylic acids is 1. The maximum absolute atomic E-state index is 10.8. The molecule has 1 atom stereocenters. The third kappa shape index (κ3) is 4.35. The number of carbonyl (C=O) groups is 1. The fourth-order valence-electron chi connectivity index (χ4n) is 3.04. The highest BCUT2D eigenvalue weighted by Crippen LogP contribution is 2.30. The van der Waals surface area contributed by atoms with Crippen molar-refractivity contribution in [1.82, 2.24) is 9.80 Å². The fraction of sp³-hybridized carbons (Fsp3) is 0.562. The van der Waals surface area contributed by atoms with Crippen molar-refractivity contribution < 1.29 is 9.90 Å². The summed E-state index contributed by atoms with van der Waals surface area (Å²) in [5, 5.41) is 10.0. The first kappa shape index (κ1) is 17.5. The van der Waals surface area contributed by atoms with E-state index < -0.39 is 5.97 Å². The molecule has 0 spiro atoms. The topological polar surface area (TPSA) is 43.8 Å². The number of rotatable bonds is 5. The summed E-state index contributed by atoms with van der Waals surface area (Å²) in [6, 6.07) is 6.40. The van der Waals surface area contributed by atoms with Gasteiger partial charge >= 0.3 is 5.97 Å². The van der Waals surface area contributed by atoms with Gasteiger partial charge < -0.3 is 5.11 Å². The minimum Gasteiger partial charge on any atom is -0.480 e. The second-order valence-corrected chi connectivity index (χ2v) is 6.74. The highest BCUT2D eigenvalue weighted by atomic mass is 35.5. The predicted octanol–water partition coefficient (Wildman–Crippen LogP) is 3.54. The molecule has 1 unspecified atom stereocenters. The maximum atomic E-state index is 10.8. The smallest absolute Gasteiger partial charge is 0.317 e. The molecule has 0 amide bonds. The highest BCUT2D eigenvalue weighted by molar-refractivity contribution is 6.42. The molecule has 1 aromatic carbocycles. The van der Waals surface area contributed by atoms with Crippen LogP contribution in [-0.2, 0) is 4.79 Å². The minimum atomic E-state index is -0.769. The lowest BCUT2D eigenvalue weighted by atomic mass is 9.99. The van der Waals surface area contributed by atoms with Gasteiger partial charge in [-0.2, -0.15) is 0 Å². The van der Waals surface area contributed by atoms with Gasteiger partial charge in [-0.15, -0.1) is 0 Å². The van der Waals surface area contributed by atoms with Crippen molar-refractivity contribution in [3.05, 3.63) is 33.8 Å². The number of likely N-dealkylation sites (N-methyl/N-ethyl adjacent to an activating group) is 1. The van der Waals surface area contributed by atoms with Crippen LogP contribution in [0.5, 0.6) is 0 Å². The lowest BCUT2D eigenvalue weighted by Crippen LogP contribution is -2.45. The lowest BCUT2D eigenvalue weighted by molar-refractivity contribution is -0.138. The molecular formula is C16H22Cl2N2O2. The first-order valence-corrected chi connectivity index (χ1v) is 8.25. The van der Waals surface area contributed by atoms with Crippen LogP contribution in [0.1, 0.15) is 31.4 Å². The Bertz CT molecular complexity index is 531. The van der Waals surface area contributed by atoms with Gasteiger partial charge in [0.05, 0.1) is 16.6 Å². The van der Waals surface area contributed by atoms with Crippen LogP contribution >= 0.6 is 23.2 Å². The van der Waals surface area contributed by atoms with Crippen LogP contribution in [0.3, 0.4) is 0 Å². The SMILES string of the molecule is CC(c1ccc(Cl)c(Cl)c1)N1CCC(N(C)CC(=O)O)CC1. The van der Waals surface area contributed by atoms with Crippen molar-refractivity contribution in [1.29, 1.82) is 0 Å². The van der Waals surface area contributed by atoms with Crippen LogP contribution < -0.4 is 0 Å². The number of carboxylic acids is 1. The molecule has 1 aliphatic heterocycles. The molecule has 1 aliphatic rings. The van der Waals surface area contributed by atoms with Crippen LogP contribution in [0.2, 0.25) is 10.0 Å². The molecule has 0 aliphatic carbocycles.